The minimum absolute atomic E-state index is 0.0334. The van der Waals surface area contributed by atoms with Crippen molar-refractivity contribution in [3.63, 3.8) is 0 Å². The van der Waals surface area contributed by atoms with E-state index in [-0.39, 0.29) is 18.5 Å². The first-order valence-electron chi connectivity index (χ1n) is 7.34. The maximum absolute atomic E-state index is 11.9. The van der Waals surface area contributed by atoms with Crippen LogP contribution in [0.3, 0.4) is 0 Å². The van der Waals surface area contributed by atoms with E-state index in [0.29, 0.717) is 12.0 Å². The van der Waals surface area contributed by atoms with Crippen LogP contribution in [0.4, 0.5) is 4.79 Å². The second kappa shape index (κ2) is 6.26. The number of hydrogen-bond donors (Lipinski definition) is 1. The Morgan fingerprint density at radius 1 is 1.16 bits per heavy atom. The summed E-state index contributed by atoms with van der Waals surface area (Å²) in [5, 5.41) is 2.63. The molecule has 2 amide bonds. The first-order valence-corrected chi connectivity index (χ1v) is 7.34. The SMILES string of the molecule is CCOC(=O)CNC(=O)N1CCC2(CCCC2)CC1. The van der Waals surface area contributed by atoms with Crippen LogP contribution >= 0.6 is 0 Å². The van der Waals surface area contributed by atoms with Gasteiger partial charge in [-0.1, -0.05) is 12.8 Å². The Kier molecular flexibility index (Phi) is 4.66. The summed E-state index contributed by atoms with van der Waals surface area (Å²) in [6.45, 7) is 3.70. The van der Waals surface area contributed by atoms with Crippen molar-refractivity contribution in [2.45, 2.75) is 45.4 Å². The lowest BCUT2D eigenvalue weighted by Gasteiger charge is -2.39. The fraction of sp³-hybridized carbons (Fsp3) is 0.857. The Labute approximate surface area is 114 Å². The van der Waals surface area contributed by atoms with Crippen LogP contribution in [-0.4, -0.2) is 43.1 Å². The van der Waals surface area contributed by atoms with Gasteiger partial charge in [0.25, 0.3) is 0 Å². The fourth-order valence-electron chi connectivity index (χ4n) is 3.28. The molecule has 0 atom stereocenters. The Morgan fingerprint density at radius 3 is 2.37 bits per heavy atom. The molecule has 0 aromatic heterocycles. The minimum atomic E-state index is -0.375. The molecule has 2 aliphatic rings. The molecule has 5 heteroatoms. The van der Waals surface area contributed by atoms with Crippen molar-refractivity contribution in [3.05, 3.63) is 0 Å². The monoisotopic (exact) mass is 268 g/mol. The number of hydrogen-bond acceptors (Lipinski definition) is 3. The van der Waals surface area contributed by atoms with E-state index in [0.717, 1.165) is 25.9 Å². The second-order valence-corrected chi connectivity index (χ2v) is 5.66. The van der Waals surface area contributed by atoms with Gasteiger partial charge in [-0.2, -0.15) is 0 Å². The standard InChI is InChI=1S/C14H24N2O3/c1-2-19-12(17)11-15-13(18)16-9-7-14(8-10-16)5-3-4-6-14/h2-11H2,1H3,(H,15,18). The number of ether oxygens (including phenoxy) is 1. The summed E-state index contributed by atoms with van der Waals surface area (Å²) in [5.74, 6) is -0.375. The highest BCUT2D eigenvalue weighted by molar-refractivity contribution is 5.80. The first kappa shape index (κ1) is 14.2. The van der Waals surface area contributed by atoms with E-state index in [4.69, 9.17) is 4.74 Å². The van der Waals surface area contributed by atoms with Gasteiger partial charge in [-0.25, -0.2) is 4.79 Å². The van der Waals surface area contributed by atoms with Crippen molar-refractivity contribution in [3.8, 4) is 0 Å². The molecule has 1 saturated heterocycles. The number of piperidine rings is 1. The zero-order valence-electron chi connectivity index (χ0n) is 11.7. The Morgan fingerprint density at radius 2 is 1.79 bits per heavy atom. The number of nitrogens with one attached hydrogen (secondary N) is 1. The number of rotatable bonds is 3. The number of amides is 2. The van der Waals surface area contributed by atoms with Gasteiger partial charge < -0.3 is 15.0 Å². The van der Waals surface area contributed by atoms with E-state index in [1.807, 2.05) is 4.90 Å². The van der Waals surface area contributed by atoms with Crippen molar-refractivity contribution < 1.29 is 14.3 Å². The van der Waals surface area contributed by atoms with Gasteiger partial charge >= 0.3 is 12.0 Å². The van der Waals surface area contributed by atoms with Crippen LogP contribution in [0.2, 0.25) is 0 Å². The van der Waals surface area contributed by atoms with E-state index in [1.54, 1.807) is 6.92 Å². The van der Waals surface area contributed by atoms with Crippen LogP contribution in [0.25, 0.3) is 0 Å². The van der Waals surface area contributed by atoms with Gasteiger partial charge in [-0.15, -0.1) is 0 Å². The zero-order chi connectivity index (χ0) is 13.7. The number of esters is 1. The molecule has 1 heterocycles. The average molecular weight is 268 g/mol. The van der Waals surface area contributed by atoms with E-state index in [9.17, 15) is 9.59 Å². The molecule has 108 valence electrons. The zero-order valence-corrected chi connectivity index (χ0v) is 11.7. The average Bonchev–Trinajstić information content (AvgIpc) is 2.86. The van der Waals surface area contributed by atoms with Gasteiger partial charge in [0, 0.05) is 13.1 Å². The lowest BCUT2D eigenvalue weighted by atomic mass is 9.77. The normalized spacial score (nSPS) is 21.4. The summed E-state index contributed by atoms with van der Waals surface area (Å²) >= 11 is 0. The minimum Gasteiger partial charge on any atom is -0.465 e. The van der Waals surface area contributed by atoms with Crippen molar-refractivity contribution in [1.29, 1.82) is 0 Å². The molecule has 1 spiro atoms. The summed E-state index contributed by atoms with van der Waals surface area (Å²) in [5.41, 5.74) is 0.512. The third kappa shape index (κ3) is 3.61. The third-order valence-corrected chi connectivity index (χ3v) is 4.46. The molecule has 1 aliphatic carbocycles. The van der Waals surface area contributed by atoms with Crippen LogP contribution < -0.4 is 5.32 Å². The van der Waals surface area contributed by atoms with Gasteiger partial charge in [-0.05, 0) is 38.0 Å². The predicted octanol–water partition coefficient (Wildman–Crippen LogP) is 1.92. The Hall–Kier alpha value is -1.26. The third-order valence-electron chi connectivity index (χ3n) is 4.46. The van der Waals surface area contributed by atoms with E-state index >= 15 is 0 Å². The smallest absolute Gasteiger partial charge is 0.325 e. The molecule has 0 bridgehead atoms. The molecule has 0 unspecified atom stereocenters. The summed E-state index contributed by atoms with van der Waals surface area (Å²) in [6, 6.07) is -0.138. The maximum atomic E-state index is 11.9. The van der Waals surface area contributed by atoms with Gasteiger partial charge in [-0.3, -0.25) is 4.79 Å². The van der Waals surface area contributed by atoms with Gasteiger partial charge in [0.05, 0.1) is 6.61 Å². The molecule has 0 aromatic rings. The molecule has 2 fully saturated rings. The van der Waals surface area contributed by atoms with E-state index in [1.165, 1.54) is 25.7 Å². The van der Waals surface area contributed by atoms with Crippen molar-refractivity contribution in [2.75, 3.05) is 26.2 Å². The molecule has 2 rings (SSSR count). The molecule has 1 N–H and O–H groups in total. The molecule has 1 saturated carbocycles. The lowest BCUT2D eigenvalue weighted by Crippen LogP contribution is -2.48. The topological polar surface area (TPSA) is 58.6 Å². The van der Waals surface area contributed by atoms with Gasteiger partial charge in [0.1, 0.15) is 6.54 Å². The van der Waals surface area contributed by atoms with Crippen LogP contribution in [0, 0.1) is 5.41 Å². The van der Waals surface area contributed by atoms with Crippen LogP contribution in [0.5, 0.6) is 0 Å². The van der Waals surface area contributed by atoms with Gasteiger partial charge in [0.2, 0.25) is 0 Å². The van der Waals surface area contributed by atoms with Crippen molar-refractivity contribution in [2.24, 2.45) is 5.41 Å². The highest BCUT2D eigenvalue weighted by atomic mass is 16.5. The highest BCUT2D eigenvalue weighted by Crippen LogP contribution is 2.45. The van der Waals surface area contributed by atoms with Gasteiger partial charge in [0.15, 0.2) is 0 Å². The largest absolute Gasteiger partial charge is 0.465 e. The number of carbonyl (C=O) groups is 2. The Balaban J connectivity index is 1.71. The molecule has 5 nitrogen and oxygen atoms in total. The molecule has 0 radical (unpaired) electrons. The molecule has 19 heavy (non-hydrogen) atoms. The lowest BCUT2D eigenvalue weighted by molar-refractivity contribution is -0.141. The van der Waals surface area contributed by atoms with Crippen LogP contribution in [-0.2, 0) is 9.53 Å². The summed E-state index contributed by atoms with van der Waals surface area (Å²) < 4.78 is 4.78. The quantitative estimate of drug-likeness (QED) is 0.795. The number of carbonyl (C=O) groups excluding carboxylic acids is 2. The van der Waals surface area contributed by atoms with Crippen LogP contribution in [0.15, 0.2) is 0 Å². The second-order valence-electron chi connectivity index (χ2n) is 5.66. The molecular formula is C14H24N2O3. The molecule has 1 aliphatic heterocycles. The predicted molar refractivity (Wildman–Crippen MR) is 71.7 cm³/mol. The fourth-order valence-corrected chi connectivity index (χ4v) is 3.28. The highest BCUT2D eigenvalue weighted by Gasteiger charge is 2.37. The van der Waals surface area contributed by atoms with E-state index < -0.39 is 0 Å². The summed E-state index contributed by atoms with van der Waals surface area (Å²) in [4.78, 5) is 24.9. The Bertz CT molecular complexity index is 328. The van der Waals surface area contributed by atoms with Crippen LogP contribution in [0.1, 0.15) is 45.4 Å². The number of nitrogens with zero attached hydrogens (tertiary/aromatic N) is 1. The van der Waals surface area contributed by atoms with Crippen molar-refractivity contribution in [1.82, 2.24) is 10.2 Å². The first-order chi connectivity index (χ1) is 9.15. The maximum Gasteiger partial charge on any atom is 0.325 e. The summed E-state index contributed by atoms with van der Waals surface area (Å²) in [6.07, 6.45) is 7.56. The molecule has 0 aromatic carbocycles. The van der Waals surface area contributed by atoms with Crippen molar-refractivity contribution >= 4 is 12.0 Å². The van der Waals surface area contributed by atoms with E-state index in [2.05, 4.69) is 5.32 Å². The number of likely N-dealkylation sites (tertiary alicyclic amines) is 1. The summed E-state index contributed by atoms with van der Waals surface area (Å²) in [7, 11) is 0. The molecular weight excluding hydrogens is 244 g/mol. The number of urea groups is 1.